The average Bonchev–Trinajstić information content (AvgIpc) is 2.27. The maximum Gasteiger partial charge on any atom is 0.125 e. The lowest BCUT2D eigenvalue weighted by Crippen LogP contribution is -2.16. The van der Waals surface area contributed by atoms with Crippen LogP contribution < -0.4 is 4.74 Å². The van der Waals surface area contributed by atoms with Crippen LogP contribution in [0.2, 0.25) is 0 Å². The zero-order valence-corrected chi connectivity index (χ0v) is 10.2. The Hall–Kier alpha value is -1.53. The van der Waals surface area contributed by atoms with E-state index in [0.717, 1.165) is 16.9 Å². The number of hydrogen-bond acceptors (Lipinski definition) is 3. The molecule has 0 aliphatic heterocycles. The van der Waals surface area contributed by atoms with Crippen LogP contribution in [0.1, 0.15) is 23.6 Å². The van der Waals surface area contributed by atoms with Gasteiger partial charge in [0.1, 0.15) is 12.4 Å². The Morgan fingerprint density at radius 2 is 1.88 bits per heavy atom. The zero-order chi connectivity index (χ0) is 12.1. The molecule has 3 heteroatoms. The third kappa shape index (κ3) is 2.98. The fraction of sp³-hybridized carbons (Fsp3) is 0.462. The van der Waals surface area contributed by atoms with Gasteiger partial charge in [-0.1, -0.05) is 0 Å². The van der Waals surface area contributed by atoms with Crippen molar-refractivity contribution in [2.75, 3.05) is 13.7 Å². The van der Waals surface area contributed by atoms with Crippen LogP contribution in [0, 0.1) is 25.2 Å². The molecule has 0 N–H and O–H groups in total. The van der Waals surface area contributed by atoms with E-state index in [2.05, 4.69) is 6.07 Å². The van der Waals surface area contributed by atoms with E-state index in [1.54, 1.807) is 7.11 Å². The van der Waals surface area contributed by atoms with Crippen LogP contribution >= 0.6 is 0 Å². The maximum absolute atomic E-state index is 8.82. The summed E-state index contributed by atoms with van der Waals surface area (Å²) in [7, 11) is 1.66. The Bertz CT molecular complexity index is 384. The van der Waals surface area contributed by atoms with Gasteiger partial charge in [-0.3, -0.25) is 0 Å². The van der Waals surface area contributed by atoms with Crippen molar-refractivity contribution in [3.63, 3.8) is 0 Å². The summed E-state index contributed by atoms with van der Waals surface area (Å²) in [5.74, 6) is 0.850. The maximum atomic E-state index is 8.82. The molecule has 0 aliphatic rings. The quantitative estimate of drug-likeness (QED) is 0.781. The molecule has 3 nitrogen and oxygen atoms in total. The number of nitrogens with zero attached hydrogens (tertiary/aromatic N) is 1. The molecule has 0 bridgehead atoms. The van der Waals surface area contributed by atoms with Gasteiger partial charge < -0.3 is 9.47 Å². The lowest BCUT2D eigenvalue weighted by Gasteiger charge is -2.15. The molecule has 86 valence electrons. The van der Waals surface area contributed by atoms with Crippen LogP contribution in [0.15, 0.2) is 12.1 Å². The van der Waals surface area contributed by atoms with E-state index >= 15 is 0 Å². The average molecular weight is 219 g/mol. The third-order valence-electron chi connectivity index (χ3n) is 2.45. The van der Waals surface area contributed by atoms with Crippen LogP contribution in [0.25, 0.3) is 0 Å². The molecule has 0 aromatic heterocycles. The number of hydrogen-bond donors (Lipinski definition) is 0. The van der Waals surface area contributed by atoms with Crippen molar-refractivity contribution in [3.8, 4) is 11.8 Å². The van der Waals surface area contributed by atoms with E-state index in [1.807, 2.05) is 32.9 Å². The van der Waals surface area contributed by atoms with Crippen LogP contribution in [0.4, 0.5) is 0 Å². The number of aryl methyl sites for hydroxylation is 2. The Morgan fingerprint density at radius 1 is 1.31 bits per heavy atom. The fourth-order valence-electron chi connectivity index (χ4n) is 1.51. The highest BCUT2D eigenvalue weighted by molar-refractivity contribution is 5.47. The number of ether oxygens (including phenoxy) is 2. The summed E-state index contributed by atoms with van der Waals surface area (Å²) in [5.41, 5.74) is 2.64. The lowest BCUT2D eigenvalue weighted by molar-refractivity contribution is 0.0712. The van der Waals surface area contributed by atoms with E-state index in [0.29, 0.717) is 12.2 Å². The number of rotatable bonds is 4. The molecule has 0 spiro atoms. The van der Waals surface area contributed by atoms with Crippen LogP contribution in [0.5, 0.6) is 5.75 Å². The van der Waals surface area contributed by atoms with E-state index < -0.39 is 0 Å². The molecular formula is C13H17NO2. The first-order valence-corrected chi connectivity index (χ1v) is 5.25. The standard InChI is InChI=1S/C13H17NO2/c1-9-5-12(7-14)6-10(2)13(9)16-8-11(3)15-4/h5-6,11H,8H2,1-4H3. The van der Waals surface area contributed by atoms with E-state index in [4.69, 9.17) is 14.7 Å². The van der Waals surface area contributed by atoms with Gasteiger partial charge in [-0.15, -0.1) is 0 Å². The Balaban J connectivity index is 2.85. The Labute approximate surface area is 96.6 Å². The zero-order valence-electron chi connectivity index (χ0n) is 10.2. The summed E-state index contributed by atoms with van der Waals surface area (Å²) < 4.78 is 10.8. The number of nitriles is 1. The fourth-order valence-corrected chi connectivity index (χ4v) is 1.51. The largest absolute Gasteiger partial charge is 0.490 e. The molecular weight excluding hydrogens is 202 g/mol. The second-order valence-corrected chi connectivity index (χ2v) is 3.91. The minimum atomic E-state index is 0.0643. The summed E-state index contributed by atoms with van der Waals surface area (Å²) in [6.45, 7) is 6.36. The Kier molecular flexibility index (Phi) is 4.33. The molecule has 0 amide bonds. The van der Waals surface area contributed by atoms with Gasteiger partial charge >= 0.3 is 0 Å². The minimum absolute atomic E-state index is 0.0643. The highest BCUT2D eigenvalue weighted by Crippen LogP contribution is 2.24. The smallest absolute Gasteiger partial charge is 0.125 e. The van der Waals surface area contributed by atoms with Crippen molar-refractivity contribution in [3.05, 3.63) is 28.8 Å². The van der Waals surface area contributed by atoms with Gasteiger partial charge in [-0.05, 0) is 44.0 Å². The first-order valence-electron chi connectivity index (χ1n) is 5.25. The van der Waals surface area contributed by atoms with Gasteiger partial charge in [0, 0.05) is 7.11 Å². The first-order chi connectivity index (χ1) is 7.58. The normalized spacial score (nSPS) is 11.9. The number of benzene rings is 1. The van der Waals surface area contributed by atoms with Crippen molar-refractivity contribution in [2.24, 2.45) is 0 Å². The topological polar surface area (TPSA) is 42.2 Å². The van der Waals surface area contributed by atoms with Crippen molar-refractivity contribution in [1.29, 1.82) is 5.26 Å². The van der Waals surface area contributed by atoms with Gasteiger partial charge in [0.25, 0.3) is 0 Å². The predicted octanol–water partition coefficient (Wildman–Crippen LogP) is 2.59. The van der Waals surface area contributed by atoms with Crippen LogP contribution in [0.3, 0.4) is 0 Å². The van der Waals surface area contributed by atoms with Crippen LogP contribution in [-0.2, 0) is 4.74 Å². The van der Waals surface area contributed by atoms with Crippen molar-refractivity contribution in [1.82, 2.24) is 0 Å². The molecule has 1 aromatic carbocycles. The summed E-state index contributed by atoms with van der Waals surface area (Å²) >= 11 is 0. The van der Waals surface area contributed by atoms with Gasteiger partial charge in [-0.25, -0.2) is 0 Å². The van der Waals surface area contributed by atoms with Crippen LogP contribution in [-0.4, -0.2) is 19.8 Å². The molecule has 16 heavy (non-hydrogen) atoms. The lowest BCUT2D eigenvalue weighted by atomic mass is 10.1. The van der Waals surface area contributed by atoms with Crippen molar-refractivity contribution < 1.29 is 9.47 Å². The molecule has 0 fully saturated rings. The predicted molar refractivity (Wildman–Crippen MR) is 62.6 cm³/mol. The summed E-state index contributed by atoms with van der Waals surface area (Å²) in [4.78, 5) is 0. The third-order valence-corrected chi connectivity index (χ3v) is 2.45. The van der Waals surface area contributed by atoms with E-state index in [-0.39, 0.29) is 6.10 Å². The molecule has 1 unspecified atom stereocenters. The summed E-state index contributed by atoms with van der Waals surface area (Å²) in [5, 5.41) is 8.82. The van der Waals surface area contributed by atoms with Gasteiger partial charge in [0.15, 0.2) is 0 Å². The summed E-state index contributed by atoms with van der Waals surface area (Å²) in [6.07, 6.45) is 0.0643. The molecule has 0 saturated heterocycles. The highest BCUT2D eigenvalue weighted by atomic mass is 16.5. The van der Waals surface area contributed by atoms with Crippen molar-refractivity contribution >= 4 is 0 Å². The Morgan fingerprint density at radius 3 is 2.31 bits per heavy atom. The summed E-state index contributed by atoms with van der Waals surface area (Å²) in [6, 6.07) is 5.80. The molecule has 1 rings (SSSR count). The van der Waals surface area contributed by atoms with Gasteiger partial charge in [0.05, 0.1) is 17.7 Å². The van der Waals surface area contributed by atoms with E-state index in [1.165, 1.54) is 0 Å². The van der Waals surface area contributed by atoms with E-state index in [9.17, 15) is 0 Å². The monoisotopic (exact) mass is 219 g/mol. The molecule has 0 aliphatic carbocycles. The second-order valence-electron chi connectivity index (χ2n) is 3.91. The molecule has 0 radical (unpaired) electrons. The molecule has 1 aromatic rings. The SMILES string of the molecule is COC(C)COc1c(C)cc(C#N)cc1C. The minimum Gasteiger partial charge on any atom is -0.490 e. The van der Waals surface area contributed by atoms with Gasteiger partial charge in [-0.2, -0.15) is 5.26 Å². The number of methoxy groups -OCH3 is 1. The molecule has 1 atom stereocenters. The highest BCUT2D eigenvalue weighted by Gasteiger charge is 2.08. The van der Waals surface area contributed by atoms with Gasteiger partial charge in [0.2, 0.25) is 0 Å². The first kappa shape index (κ1) is 12.5. The van der Waals surface area contributed by atoms with Crippen molar-refractivity contribution in [2.45, 2.75) is 26.9 Å². The second kappa shape index (κ2) is 5.53. The molecule has 0 heterocycles. The molecule has 0 saturated carbocycles.